The van der Waals surface area contributed by atoms with Gasteiger partial charge in [0.25, 0.3) is 0 Å². The Labute approximate surface area is 122 Å². The molecule has 0 aromatic heterocycles. The number of nitrogens with two attached hydrogens (primary N) is 1. The fourth-order valence-corrected chi connectivity index (χ4v) is 4.48. The lowest BCUT2D eigenvalue weighted by molar-refractivity contribution is 0.239. The zero-order valence-corrected chi connectivity index (χ0v) is 13.3. The van der Waals surface area contributed by atoms with Crippen molar-refractivity contribution < 1.29 is 8.42 Å². The van der Waals surface area contributed by atoms with Crippen LogP contribution in [0.4, 0.5) is 5.69 Å². The molecular weight excluding hydrogens is 272 g/mol. The molecule has 1 aromatic rings. The van der Waals surface area contributed by atoms with Gasteiger partial charge in [0.15, 0.2) is 0 Å². The Bertz CT molecular complexity index is 584. The first-order valence-corrected chi connectivity index (χ1v) is 8.60. The Morgan fingerprint density at radius 2 is 2.00 bits per heavy atom. The molecule has 20 heavy (non-hydrogen) atoms. The number of benzene rings is 1. The van der Waals surface area contributed by atoms with E-state index in [1.54, 1.807) is 25.2 Å². The van der Waals surface area contributed by atoms with Crippen molar-refractivity contribution in [3.63, 3.8) is 0 Å². The fourth-order valence-electron chi connectivity index (χ4n) is 2.99. The quantitative estimate of drug-likeness (QED) is 0.872. The summed E-state index contributed by atoms with van der Waals surface area (Å²) in [6, 6.07) is 5.21. The molecule has 2 atom stereocenters. The van der Waals surface area contributed by atoms with Gasteiger partial charge in [-0.3, -0.25) is 0 Å². The van der Waals surface area contributed by atoms with Gasteiger partial charge in [0.1, 0.15) is 4.90 Å². The average molecular weight is 296 g/mol. The molecule has 1 saturated carbocycles. The summed E-state index contributed by atoms with van der Waals surface area (Å²) in [6.07, 6.45) is 4.15. The van der Waals surface area contributed by atoms with Gasteiger partial charge in [-0.2, -0.15) is 4.31 Å². The normalized spacial score (nSPS) is 24.0. The minimum Gasteiger partial charge on any atom is -0.398 e. The predicted octanol–water partition coefficient (Wildman–Crippen LogP) is 2.78. The Balaban J connectivity index is 2.29. The van der Waals surface area contributed by atoms with Crippen LogP contribution >= 0.6 is 0 Å². The lowest BCUT2D eigenvalue weighted by Crippen LogP contribution is -2.40. The van der Waals surface area contributed by atoms with E-state index in [4.69, 9.17) is 5.73 Å². The van der Waals surface area contributed by atoms with Crippen LogP contribution in [-0.4, -0.2) is 25.8 Å². The highest BCUT2D eigenvalue weighted by atomic mass is 32.2. The fraction of sp³-hybridized carbons (Fsp3) is 0.600. The van der Waals surface area contributed by atoms with E-state index in [0.29, 0.717) is 11.6 Å². The molecule has 112 valence electrons. The van der Waals surface area contributed by atoms with Crippen LogP contribution < -0.4 is 5.73 Å². The van der Waals surface area contributed by atoms with Crippen molar-refractivity contribution in [2.24, 2.45) is 5.92 Å². The van der Waals surface area contributed by atoms with Crippen molar-refractivity contribution >= 4 is 15.7 Å². The molecule has 0 saturated heterocycles. The van der Waals surface area contributed by atoms with Crippen molar-refractivity contribution in [1.29, 1.82) is 0 Å². The van der Waals surface area contributed by atoms with Crippen molar-refractivity contribution in [2.45, 2.75) is 50.5 Å². The molecule has 2 unspecified atom stereocenters. The molecule has 0 spiro atoms. The summed E-state index contributed by atoms with van der Waals surface area (Å²) >= 11 is 0. The molecule has 0 radical (unpaired) electrons. The van der Waals surface area contributed by atoms with Crippen molar-refractivity contribution in [3.05, 3.63) is 23.8 Å². The highest BCUT2D eigenvalue weighted by Gasteiger charge is 2.31. The number of nitrogen functional groups attached to an aromatic ring is 1. The zero-order chi connectivity index (χ0) is 14.9. The molecule has 2 rings (SSSR count). The maximum absolute atomic E-state index is 12.7. The van der Waals surface area contributed by atoms with E-state index < -0.39 is 10.0 Å². The minimum atomic E-state index is -3.50. The van der Waals surface area contributed by atoms with Crippen LogP contribution in [-0.2, 0) is 10.0 Å². The first-order chi connectivity index (χ1) is 9.32. The van der Waals surface area contributed by atoms with E-state index in [9.17, 15) is 8.42 Å². The third kappa shape index (κ3) is 2.99. The van der Waals surface area contributed by atoms with Gasteiger partial charge >= 0.3 is 0 Å². The van der Waals surface area contributed by atoms with Gasteiger partial charge in [0.05, 0.1) is 5.69 Å². The molecular formula is C15H24N2O2S. The van der Waals surface area contributed by atoms with E-state index in [-0.39, 0.29) is 10.9 Å². The third-order valence-corrected chi connectivity index (χ3v) is 6.23. The SMILES string of the molecule is Cc1ccc(S(=O)(=O)N(C)C2CCCC(C)C2)c(N)c1. The molecule has 1 aromatic carbocycles. The molecule has 1 fully saturated rings. The molecule has 1 aliphatic carbocycles. The molecule has 0 amide bonds. The summed E-state index contributed by atoms with van der Waals surface area (Å²) in [5.74, 6) is 0.585. The Kier molecular flexibility index (Phi) is 4.39. The topological polar surface area (TPSA) is 63.4 Å². The number of hydrogen-bond donors (Lipinski definition) is 1. The number of hydrogen-bond acceptors (Lipinski definition) is 3. The average Bonchev–Trinajstić information content (AvgIpc) is 2.37. The van der Waals surface area contributed by atoms with Gasteiger partial charge in [-0.25, -0.2) is 8.42 Å². The van der Waals surface area contributed by atoms with Crippen LogP contribution in [0, 0.1) is 12.8 Å². The summed E-state index contributed by atoms with van der Waals surface area (Å²) in [7, 11) is -1.82. The van der Waals surface area contributed by atoms with Gasteiger partial charge in [0, 0.05) is 13.1 Å². The van der Waals surface area contributed by atoms with E-state index >= 15 is 0 Å². The minimum absolute atomic E-state index is 0.0875. The van der Waals surface area contributed by atoms with Gasteiger partial charge in [-0.05, 0) is 43.4 Å². The predicted molar refractivity (Wildman–Crippen MR) is 82.0 cm³/mol. The van der Waals surface area contributed by atoms with E-state index in [0.717, 1.165) is 24.8 Å². The number of sulfonamides is 1. The van der Waals surface area contributed by atoms with Crippen molar-refractivity contribution in [3.8, 4) is 0 Å². The summed E-state index contributed by atoms with van der Waals surface area (Å²) < 4.78 is 26.9. The highest BCUT2D eigenvalue weighted by molar-refractivity contribution is 7.89. The Morgan fingerprint density at radius 3 is 2.60 bits per heavy atom. The number of anilines is 1. The van der Waals surface area contributed by atoms with E-state index in [1.807, 2.05) is 6.92 Å². The maximum atomic E-state index is 12.7. The van der Waals surface area contributed by atoms with E-state index in [2.05, 4.69) is 6.92 Å². The standard InChI is InChI=1S/C15H24N2O2S/c1-11-5-4-6-13(9-11)17(3)20(18,19)15-8-7-12(2)10-14(15)16/h7-8,10-11,13H,4-6,9,16H2,1-3H3. The molecule has 5 heteroatoms. The Hall–Kier alpha value is -1.07. The third-order valence-electron chi connectivity index (χ3n) is 4.25. The lowest BCUT2D eigenvalue weighted by atomic mass is 9.87. The molecule has 0 heterocycles. The van der Waals surface area contributed by atoms with Gasteiger partial charge in [0.2, 0.25) is 10.0 Å². The van der Waals surface area contributed by atoms with Crippen LogP contribution in [0.25, 0.3) is 0 Å². The second kappa shape index (κ2) is 5.74. The first kappa shape index (κ1) is 15.3. The molecule has 1 aliphatic rings. The van der Waals surface area contributed by atoms with Crippen LogP contribution in [0.15, 0.2) is 23.1 Å². The summed E-state index contributed by atoms with van der Waals surface area (Å²) in [4.78, 5) is 0.226. The van der Waals surface area contributed by atoms with Crippen LogP contribution in [0.3, 0.4) is 0 Å². The summed E-state index contributed by atoms with van der Waals surface area (Å²) in [5.41, 5.74) is 7.20. The van der Waals surface area contributed by atoms with Crippen molar-refractivity contribution in [1.82, 2.24) is 4.31 Å². The number of rotatable bonds is 3. The van der Waals surface area contributed by atoms with Gasteiger partial charge in [-0.15, -0.1) is 0 Å². The van der Waals surface area contributed by atoms with Crippen molar-refractivity contribution in [2.75, 3.05) is 12.8 Å². The second-order valence-corrected chi connectivity index (χ2v) is 7.95. The Morgan fingerprint density at radius 1 is 1.30 bits per heavy atom. The maximum Gasteiger partial charge on any atom is 0.245 e. The summed E-state index contributed by atoms with van der Waals surface area (Å²) in [6.45, 7) is 4.09. The molecule has 2 N–H and O–H groups in total. The first-order valence-electron chi connectivity index (χ1n) is 7.16. The number of aryl methyl sites for hydroxylation is 1. The van der Waals surface area contributed by atoms with Crippen LogP contribution in [0.2, 0.25) is 0 Å². The smallest absolute Gasteiger partial charge is 0.245 e. The molecule has 0 bridgehead atoms. The zero-order valence-electron chi connectivity index (χ0n) is 12.5. The monoisotopic (exact) mass is 296 g/mol. The van der Waals surface area contributed by atoms with Crippen LogP contribution in [0.5, 0.6) is 0 Å². The van der Waals surface area contributed by atoms with Gasteiger partial charge < -0.3 is 5.73 Å². The summed E-state index contributed by atoms with van der Waals surface area (Å²) in [5, 5.41) is 0. The highest BCUT2D eigenvalue weighted by Crippen LogP contribution is 2.31. The largest absolute Gasteiger partial charge is 0.398 e. The van der Waals surface area contributed by atoms with Crippen LogP contribution in [0.1, 0.15) is 38.2 Å². The molecule has 0 aliphatic heterocycles. The van der Waals surface area contributed by atoms with Gasteiger partial charge in [-0.1, -0.05) is 25.8 Å². The number of nitrogens with zero attached hydrogens (tertiary/aromatic N) is 1. The van der Waals surface area contributed by atoms with E-state index in [1.165, 1.54) is 10.7 Å². The lowest BCUT2D eigenvalue weighted by Gasteiger charge is -2.33. The molecule has 4 nitrogen and oxygen atoms in total. The second-order valence-electron chi connectivity index (χ2n) is 5.99.